The van der Waals surface area contributed by atoms with Gasteiger partial charge in [-0.15, -0.1) is 0 Å². The second-order valence-corrected chi connectivity index (χ2v) is 9.99. The molecule has 0 saturated heterocycles. The summed E-state index contributed by atoms with van der Waals surface area (Å²) < 4.78 is 37.0. The monoisotopic (exact) mass is 497 g/mol. The number of sulfonamides is 1. The summed E-state index contributed by atoms with van der Waals surface area (Å²) in [4.78, 5) is 11.2. The van der Waals surface area contributed by atoms with Gasteiger partial charge in [0, 0.05) is 18.0 Å². The van der Waals surface area contributed by atoms with Gasteiger partial charge in [0.2, 0.25) is 10.0 Å². The summed E-state index contributed by atoms with van der Waals surface area (Å²) in [5, 5.41) is 10.9. The van der Waals surface area contributed by atoms with Crippen LogP contribution in [0.3, 0.4) is 0 Å². The smallest absolute Gasteiger partial charge is 0.305 e. The van der Waals surface area contributed by atoms with Gasteiger partial charge in [-0.05, 0) is 57.2 Å². The van der Waals surface area contributed by atoms with Gasteiger partial charge >= 0.3 is 5.97 Å². The molecule has 10 heteroatoms. The lowest BCUT2D eigenvalue weighted by molar-refractivity contribution is -0.143. The first kappa shape index (κ1) is 28.0. The minimum Gasteiger partial charge on any atom is -0.489 e. The predicted octanol–water partition coefficient (Wildman–Crippen LogP) is 4.34. The largest absolute Gasteiger partial charge is 0.489 e. The number of ether oxygens (including phenoxy) is 2. The maximum atomic E-state index is 12.0. The van der Waals surface area contributed by atoms with Gasteiger partial charge in [0.15, 0.2) is 0 Å². The molecule has 0 spiro atoms. The Morgan fingerprint density at radius 1 is 1.13 bits per heavy atom. The number of aliphatic hydroxyl groups excluding tert-OH is 1. The third kappa shape index (κ3) is 13.9. The van der Waals surface area contributed by atoms with E-state index in [2.05, 4.69) is 4.72 Å². The van der Waals surface area contributed by atoms with Crippen molar-refractivity contribution in [2.24, 2.45) is 0 Å². The second kappa shape index (κ2) is 15.7. The van der Waals surface area contributed by atoms with Crippen LogP contribution in [0.25, 0.3) is 0 Å². The highest BCUT2D eigenvalue weighted by molar-refractivity contribution is 7.89. The Balaban J connectivity index is 2.07. The SMILES string of the molecule is CCOC(=O)CCCCCCNS(=O)(=O)CCCCC(O)COc1ccc(Cl)cc1Cl. The van der Waals surface area contributed by atoms with Gasteiger partial charge in [-0.1, -0.05) is 36.0 Å². The molecule has 1 unspecified atom stereocenters. The van der Waals surface area contributed by atoms with E-state index in [0.717, 1.165) is 25.7 Å². The van der Waals surface area contributed by atoms with Crippen molar-refractivity contribution in [2.45, 2.75) is 64.4 Å². The van der Waals surface area contributed by atoms with Gasteiger partial charge in [0.25, 0.3) is 0 Å². The van der Waals surface area contributed by atoms with Crippen LogP contribution in [0.1, 0.15) is 58.3 Å². The van der Waals surface area contributed by atoms with Crippen LogP contribution in [-0.2, 0) is 19.6 Å². The van der Waals surface area contributed by atoms with Crippen molar-refractivity contribution < 1.29 is 27.8 Å². The first-order chi connectivity index (χ1) is 14.7. The van der Waals surface area contributed by atoms with E-state index < -0.39 is 16.1 Å². The first-order valence-electron chi connectivity index (χ1n) is 10.6. The van der Waals surface area contributed by atoms with Crippen molar-refractivity contribution in [2.75, 3.05) is 25.5 Å². The van der Waals surface area contributed by atoms with Gasteiger partial charge < -0.3 is 14.6 Å². The molecule has 0 aliphatic carbocycles. The highest BCUT2D eigenvalue weighted by Crippen LogP contribution is 2.27. The molecule has 1 atom stereocenters. The Labute approximate surface area is 195 Å². The fourth-order valence-electron chi connectivity index (χ4n) is 2.81. The van der Waals surface area contributed by atoms with Crippen molar-refractivity contribution in [3.63, 3.8) is 0 Å². The summed E-state index contributed by atoms with van der Waals surface area (Å²) >= 11 is 11.8. The highest BCUT2D eigenvalue weighted by atomic mass is 35.5. The Morgan fingerprint density at radius 2 is 1.87 bits per heavy atom. The van der Waals surface area contributed by atoms with E-state index in [1.165, 1.54) is 0 Å². The number of unbranched alkanes of at least 4 members (excludes halogenated alkanes) is 4. The molecule has 0 aromatic heterocycles. The van der Waals surface area contributed by atoms with Crippen LogP contribution in [0.15, 0.2) is 18.2 Å². The molecule has 1 rings (SSSR count). The van der Waals surface area contributed by atoms with Crippen LogP contribution in [0.4, 0.5) is 0 Å². The number of halogens is 2. The van der Waals surface area contributed by atoms with Crippen LogP contribution in [-0.4, -0.2) is 51.1 Å². The molecule has 1 aromatic rings. The molecule has 0 fully saturated rings. The molecule has 7 nitrogen and oxygen atoms in total. The minimum absolute atomic E-state index is 0.0203. The molecular weight excluding hydrogens is 465 g/mol. The fourth-order valence-corrected chi connectivity index (χ4v) is 4.46. The zero-order chi connectivity index (χ0) is 23.1. The van der Waals surface area contributed by atoms with Crippen LogP contribution >= 0.6 is 23.2 Å². The Hall–Kier alpha value is -1.06. The number of benzene rings is 1. The third-order valence-corrected chi connectivity index (χ3v) is 6.46. The van der Waals surface area contributed by atoms with E-state index in [9.17, 15) is 18.3 Å². The topological polar surface area (TPSA) is 102 Å². The molecule has 2 N–H and O–H groups in total. The highest BCUT2D eigenvalue weighted by Gasteiger charge is 2.12. The Kier molecular flexibility index (Phi) is 14.2. The van der Waals surface area contributed by atoms with Gasteiger partial charge in [-0.2, -0.15) is 0 Å². The second-order valence-electron chi connectivity index (χ2n) is 7.22. The molecule has 178 valence electrons. The summed E-state index contributed by atoms with van der Waals surface area (Å²) in [5.41, 5.74) is 0. The normalized spacial score (nSPS) is 12.5. The summed E-state index contributed by atoms with van der Waals surface area (Å²) in [5.74, 6) is 0.276. The summed E-state index contributed by atoms with van der Waals surface area (Å²) in [7, 11) is -3.32. The molecular formula is C21H33Cl2NO6S. The maximum Gasteiger partial charge on any atom is 0.305 e. The van der Waals surface area contributed by atoms with Crippen molar-refractivity contribution in [3.05, 3.63) is 28.2 Å². The molecule has 0 amide bonds. The number of nitrogens with one attached hydrogen (secondary N) is 1. The molecule has 0 heterocycles. The van der Waals surface area contributed by atoms with E-state index in [1.807, 2.05) is 0 Å². The number of aliphatic hydroxyl groups is 1. The summed E-state index contributed by atoms with van der Waals surface area (Å²) in [6.07, 6.45) is 4.34. The van der Waals surface area contributed by atoms with Crippen LogP contribution in [0.5, 0.6) is 5.75 Å². The van der Waals surface area contributed by atoms with Crippen molar-refractivity contribution >= 4 is 39.2 Å². The number of carbonyl (C=O) groups excluding carboxylic acids is 1. The zero-order valence-electron chi connectivity index (χ0n) is 17.9. The standard InChI is InChI=1S/C21H33Cl2NO6S/c1-2-29-21(26)10-5-3-4-7-13-24-31(27,28)14-8-6-9-18(25)16-30-20-12-11-17(22)15-19(20)23/h11-12,15,18,24-25H,2-10,13-14,16H2,1H3. The van der Waals surface area contributed by atoms with E-state index in [1.54, 1.807) is 25.1 Å². The predicted molar refractivity (Wildman–Crippen MR) is 123 cm³/mol. The van der Waals surface area contributed by atoms with Gasteiger partial charge in [0.1, 0.15) is 12.4 Å². The van der Waals surface area contributed by atoms with Crippen LogP contribution in [0, 0.1) is 0 Å². The van der Waals surface area contributed by atoms with E-state index in [-0.39, 0.29) is 18.3 Å². The molecule has 0 bridgehead atoms. The van der Waals surface area contributed by atoms with Crippen molar-refractivity contribution in [1.82, 2.24) is 4.72 Å². The number of carbonyl (C=O) groups is 1. The third-order valence-electron chi connectivity index (χ3n) is 4.46. The number of hydrogen-bond acceptors (Lipinski definition) is 6. The molecule has 0 saturated carbocycles. The fraction of sp³-hybridized carbons (Fsp3) is 0.667. The van der Waals surface area contributed by atoms with Gasteiger partial charge in [-0.25, -0.2) is 13.1 Å². The Morgan fingerprint density at radius 3 is 2.58 bits per heavy atom. The lowest BCUT2D eigenvalue weighted by Crippen LogP contribution is -2.27. The van der Waals surface area contributed by atoms with Crippen molar-refractivity contribution in [3.8, 4) is 5.75 Å². The van der Waals surface area contributed by atoms with Gasteiger partial charge in [-0.3, -0.25) is 4.79 Å². The first-order valence-corrected chi connectivity index (χ1v) is 13.0. The van der Waals surface area contributed by atoms with E-state index in [0.29, 0.717) is 54.6 Å². The molecule has 1 aromatic carbocycles. The molecule has 0 aliphatic rings. The molecule has 0 aliphatic heterocycles. The summed E-state index contributed by atoms with van der Waals surface area (Å²) in [6.45, 7) is 2.63. The van der Waals surface area contributed by atoms with Crippen LogP contribution in [0.2, 0.25) is 10.0 Å². The van der Waals surface area contributed by atoms with Crippen LogP contribution < -0.4 is 9.46 Å². The minimum atomic E-state index is -3.32. The Bertz CT molecular complexity index is 760. The molecule has 0 radical (unpaired) electrons. The zero-order valence-corrected chi connectivity index (χ0v) is 20.3. The lowest BCUT2D eigenvalue weighted by Gasteiger charge is -2.13. The average molecular weight is 498 g/mol. The van der Waals surface area contributed by atoms with Gasteiger partial charge in [0.05, 0.1) is 23.5 Å². The average Bonchev–Trinajstić information content (AvgIpc) is 2.70. The number of hydrogen-bond donors (Lipinski definition) is 2. The van der Waals surface area contributed by atoms with Crippen molar-refractivity contribution in [1.29, 1.82) is 0 Å². The number of rotatable bonds is 17. The maximum absolute atomic E-state index is 12.0. The molecule has 31 heavy (non-hydrogen) atoms. The lowest BCUT2D eigenvalue weighted by atomic mass is 10.1. The number of esters is 1. The quantitative estimate of drug-likeness (QED) is 0.245. The van der Waals surface area contributed by atoms with E-state index in [4.69, 9.17) is 32.7 Å². The van der Waals surface area contributed by atoms with E-state index >= 15 is 0 Å². The summed E-state index contributed by atoms with van der Waals surface area (Å²) in [6, 6.07) is 4.85.